The quantitative estimate of drug-likeness (QED) is 0.763. The molecule has 8 nitrogen and oxygen atoms in total. The summed E-state index contributed by atoms with van der Waals surface area (Å²) in [4.78, 5) is 23.9. The SMILES string of the molecule is CN1C=CN(C(C(=O)O)(N2C=CN(C)C2)N2C=CN(C)C2)C1. The number of carbonyl (C=O) groups is 1. The summed E-state index contributed by atoms with van der Waals surface area (Å²) >= 11 is 0. The molecule has 0 saturated heterocycles. The smallest absolute Gasteiger partial charge is 0.373 e. The van der Waals surface area contributed by atoms with Gasteiger partial charge in [-0.05, 0) is 0 Å². The second-order valence-electron chi connectivity index (χ2n) is 5.94. The average Bonchev–Trinajstić information content (AvgIpc) is 3.15. The summed E-state index contributed by atoms with van der Waals surface area (Å²) in [5.41, 5.74) is 0. The highest BCUT2D eigenvalue weighted by molar-refractivity contribution is 5.78. The van der Waals surface area contributed by atoms with Crippen LogP contribution in [0.4, 0.5) is 0 Å². The van der Waals surface area contributed by atoms with Crippen LogP contribution in [0.5, 0.6) is 0 Å². The molecule has 3 rings (SSSR count). The van der Waals surface area contributed by atoms with E-state index in [4.69, 9.17) is 0 Å². The molecule has 120 valence electrons. The number of hydrogen-bond donors (Lipinski definition) is 1. The normalized spacial score (nSPS) is 21.0. The van der Waals surface area contributed by atoms with E-state index in [9.17, 15) is 9.90 Å². The van der Waals surface area contributed by atoms with Gasteiger partial charge in [0.1, 0.15) is 0 Å². The Kier molecular flexibility index (Phi) is 3.31. The third-order valence-electron chi connectivity index (χ3n) is 4.12. The van der Waals surface area contributed by atoms with Crippen LogP contribution in [0.25, 0.3) is 0 Å². The largest absolute Gasteiger partial charge is 0.477 e. The molecular formula is C14H22N6O2. The van der Waals surface area contributed by atoms with Crippen LogP contribution in [0.1, 0.15) is 0 Å². The van der Waals surface area contributed by atoms with Crippen LogP contribution in [0.3, 0.4) is 0 Å². The first-order valence-corrected chi connectivity index (χ1v) is 7.14. The summed E-state index contributed by atoms with van der Waals surface area (Å²) in [5, 5.41) is 10.2. The standard InChI is InChI=1S/C14H22N6O2/c1-15-4-7-18(10-15)14(13(21)22,19-8-5-16(2)11-19)20-9-6-17(3)12-20/h4-9H,10-12H2,1-3H3,(H,21,22). The van der Waals surface area contributed by atoms with Gasteiger partial charge in [-0.1, -0.05) is 0 Å². The van der Waals surface area contributed by atoms with E-state index in [1.165, 1.54) is 0 Å². The number of rotatable bonds is 4. The zero-order valence-corrected chi connectivity index (χ0v) is 13.1. The van der Waals surface area contributed by atoms with Gasteiger partial charge in [-0.3, -0.25) is 0 Å². The number of nitrogens with zero attached hydrogens (tertiary/aromatic N) is 6. The van der Waals surface area contributed by atoms with E-state index in [2.05, 4.69) is 0 Å². The van der Waals surface area contributed by atoms with Crippen molar-refractivity contribution in [2.45, 2.75) is 5.79 Å². The van der Waals surface area contributed by atoms with Gasteiger partial charge in [-0.15, -0.1) is 0 Å². The zero-order chi connectivity index (χ0) is 15.9. The molecule has 0 spiro atoms. The van der Waals surface area contributed by atoms with Gasteiger partial charge in [-0.2, -0.15) is 0 Å². The molecule has 0 radical (unpaired) electrons. The highest BCUT2D eigenvalue weighted by Crippen LogP contribution is 2.33. The molecule has 0 amide bonds. The van der Waals surface area contributed by atoms with Crippen molar-refractivity contribution in [3.63, 3.8) is 0 Å². The molecule has 0 aromatic heterocycles. The van der Waals surface area contributed by atoms with Crippen LogP contribution in [-0.2, 0) is 4.79 Å². The summed E-state index contributed by atoms with van der Waals surface area (Å²) in [6.07, 6.45) is 11.2. The third-order valence-corrected chi connectivity index (χ3v) is 4.12. The molecule has 8 heteroatoms. The monoisotopic (exact) mass is 306 g/mol. The van der Waals surface area contributed by atoms with Gasteiger partial charge in [0.05, 0.1) is 20.0 Å². The van der Waals surface area contributed by atoms with E-state index in [1.54, 1.807) is 0 Å². The van der Waals surface area contributed by atoms with Gasteiger partial charge in [-0.25, -0.2) is 4.79 Å². The van der Waals surface area contributed by atoms with Gasteiger partial charge >= 0.3 is 5.97 Å². The van der Waals surface area contributed by atoms with Crippen LogP contribution >= 0.6 is 0 Å². The number of hydrogen-bond acceptors (Lipinski definition) is 7. The van der Waals surface area contributed by atoms with Crippen molar-refractivity contribution in [2.24, 2.45) is 0 Å². The molecule has 0 aromatic carbocycles. The highest BCUT2D eigenvalue weighted by Gasteiger charge is 2.55. The van der Waals surface area contributed by atoms with Gasteiger partial charge in [0.25, 0.3) is 5.79 Å². The zero-order valence-electron chi connectivity index (χ0n) is 13.1. The van der Waals surface area contributed by atoms with E-state index in [1.807, 2.05) is 87.7 Å². The molecule has 3 heterocycles. The maximum absolute atomic E-state index is 12.4. The Bertz CT molecular complexity index is 481. The Morgan fingerprint density at radius 2 is 1.09 bits per heavy atom. The van der Waals surface area contributed by atoms with Crippen LogP contribution < -0.4 is 0 Å². The predicted octanol–water partition coefficient (Wildman–Crippen LogP) is -0.247. The van der Waals surface area contributed by atoms with Crippen molar-refractivity contribution in [1.29, 1.82) is 0 Å². The molecule has 3 aliphatic heterocycles. The van der Waals surface area contributed by atoms with Crippen molar-refractivity contribution < 1.29 is 9.90 Å². The van der Waals surface area contributed by atoms with E-state index >= 15 is 0 Å². The molecule has 0 bridgehead atoms. The van der Waals surface area contributed by atoms with Gasteiger partial charge in [0.15, 0.2) is 0 Å². The third kappa shape index (κ3) is 2.02. The second kappa shape index (κ2) is 5.04. The van der Waals surface area contributed by atoms with Crippen LogP contribution in [0.15, 0.2) is 37.2 Å². The lowest BCUT2D eigenvalue weighted by Crippen LogP contribution is -2.70. The van der Waals surface area contributed by atoms with Gasteiger partial charge in [0.2, 0.25) is 0 Å². The lowest BCUT2D eigenvalue weighted by Gasteiger charge is -2.49. The molecule has 0 unspecified atom stereocenters. The molecule has 3 aliphatic rings. The molecular weight excluding hydrogens is 284 g/mol. The fraction of sp³-hybridized carbons (Fsp3) is 0.500. The average molecular weight is 306 g/mol. The van der Waals surface area contributed by atoms with E-state index in [-0.39, 0.29) is 0 Å². The molecule has 22 heavy (non-hydrogen) atoms. The predicted molar refractivity (Wildman–Crippen MR) is 81.2 cm³/mol. The summed E-state index contributed by atoms with van der Waals surface area (Å²) < 4.78 is 0. The van der Waals surface area contributed by atoms with Crippen LogP contribution in [0, 0.1) is 0 Å². The Hall–Kier alpha value is -2.51. The second-order valence-corrected chi connectivity index (χ2v) is 5.94. The minimum Gasteiger partial charge on any atom is -0.477 e. The number of carboxylic acids is 1. The fourth-order valence-corrected chi connectivity index (χ4v) is 3.06. The first-order chi connectivity index (χ1) is 10.4. The van der Waals surface area contributed by atoms with E-state index in [0.717, 1.165) is 0 Å². The number of carboxylic acid groups (broad SMARTS) is 1. The topological polar surface area (TPSA) is 56.7 Å². The van der Waals surface area contributed by atoms with Crippen molar-refractivity contribution in [3.8, 4) is 0 Å². The minimum absolute atomic E-state index is 0.522. The Balaban J connectivity index is 2.03. The lowest BCUT2D eigenvalue weighted by atomic mass is 10.2. The maximum Gasteiger partial charge on any atom is 0.373 e. The van der Waals surface area contributed by atoms with E-state index < -0.39 is 11.8 Å². The fourth-order valence-electron chi connectivity index (χ4n) is 3.06. The minimum atomic E-state index is -1.29. The molecule has 1 N–H and O–H groups in total. The van der Waals surface area contributed by atoms with Crippen molar-refractivity contribution in [3.05, 3.63) is 37.2 Å². The van der Waals surface area contributed by atoms with Crippen molar-refractivity contribution in [2.75, 3.05) is 41.1 Å². The van der Waals surface area contributed by atoms with Gasteiger partial charge < -0.3 is 34.5 Å². The molecule has 0 saturated carbocycles. The molecule has 0 aromatic rings. The summed E-state index contributed by atoms with van der Waals surface area (Å²) in [5.74, 6) is -2.18. The summed E-state index contributed by atoms with van der Waals surface area (Å²) in [6.45, 7) is 1.57. The summed E-state index contributed by atoms with van der Waals surface area (Å²) in [6, 6.07) is 0. The Morgan fingerprint density at radius 3 is 1.27 bits per heavy atom. The van der Waals surface area contributed by atoms with Crippen LogP contribution in [0.2, 0.25) is 0 Å². The molecule has 0 aliphatic carbocycles. The van der Waals surface area contributed by atoms with Crippen molar-refractivity contribution >= 4 is 5.97 Å². The highest BCUT2D eigenvalue weighted by atomic mass is 16.4. The van der Waals surface area contributed by atoms with Crippen molar-refractivity contribution in [1.82, 2.24) is 29.4 Å². The molecule has 0 atom stereocenters. The Labute approximate surface area is 130 Å². The van der Waals surface area contributed by atoms with Crippen LogP contribution in [-0.4, -0.2) is 87.4 Å². The van der Waals surface area contributed by atoms with E-state index in [0.29, 0.717) is 20.0 Å². The number of aliphatic carboxylic acids is 1. The lowest BCUT2D eigenvalue weighted by molar-refractivity contribution is -0.186. The maximum atomic E-state index is 12.4. The summed E-state index contributed by atoms with van der Waals surface area (Å²) in [7, 11) is 5.79. The first-order valence-electron chi connectivity index (χ1n) is 7.14. The molecule has 0 fully saturated rings. The first kappa shape index (κ1) is 14.4. The Morgan fingerprint density at radius 1 is 0.773 bits per heavy atom. The van der Waals surface area contributed by atoms with Gasteiger partial charge in [0, 0.05) is 58.3 Å².